The van der Waals surface area contributed by atoms with Crippen molar-refractivity contribution < 1.29 is 14.6 Å². The number of carbonyl (C=O) groups is 1. The van der Waals surface area contributed by atoms with Crippen molar-refractivity contribution in [3.05, 3.63) is 35.9 Å². The van der Waals surface area contributed by atoms with Gasteiger partial charge in [0.1, 0.15) is 6.61 Å². The number of ether oxygens (including phenoxy) is 1. The summed E-state index contributed by atoms with van der Waals surface area (Å²) in [5, 5.41) is 14.8. The van der Waals surface area contributed by atoms with Gasteiger partial charge in [0.2, 0.25) is 0 Å². The first-order valence-electron chi connectivity index (χ1n) is 7.42. The number of nitrogens with one attached hydrogen (secondary N) is 2. The molecule has 0 saturated carbocycles. The molecular weight excluding hydrogens is 268 g/mol. The van der Waals surface area contributed by atoms with Crippen LogP contribution in [0.1, 0.15) is 25.8 Å². The van der Waals surface area contributed by atoms with Crippen molar-refractivity contribution >= 4 is 6.09 Å². The van der Waals surface area contributed by atoms with Crippen LogP contribution in [0.5, 0.6) is 0 Å². The molecule has 0 spiro atoms. The highest BCUT2D eigenvalue weighted by molar-refractivity contribution is 5.67. The zero-order chi connectivity index (χ0) is 15.5. The molecular formula is C16H26N2O3. The first-order valence-corrected chi connectivity index (χ1v) is 7.42. The third kappa shape index (κ3) is 7.68. The first-order chi connectivity index (χ1) is 10.1. The van der Waals surface area contributed by atoms with Gasteiger partial charge < -0.3 is 20.5 Å². The van der Waals surface area contributed by atoms with E-state index >= 15 is 0 Å². The van der Waals surface area contributed by atoms with Crippen molar-refractivity contribution in [3.63, 3.8) is 0 Å². The van der Waals surface area contributed by atoms with Gasteiger partial charge in [-0.05, 0) is 24.4 Å². The lowest BCUT2D eigenvalue weighted by molar-refractivity contribution is 0.132. The molecule has 0 saturated heterocycles. The second kappa shape index (κ2) is 10.2. The lowest BCUT2D eigenvalue weighted by atomic mass is 10.0. The maximum atomic E-state index is 11.8. The van der Waals surface area contributed by atoms with Crippen molar-refractivity contribution in [2.24, 2.45) is 5.92 Å². The van der Waals surface area contributed by atoms with Crippen LogP contribution in [0, 0.1) is 5.92 Å². The van der Waals surface area contributed by atoms with Gasteiger partial charge in [0.15, 0.2) is 0 Å². The maximum absolute atomic E-state index is 11.8. The summed E-state index contributed by atoms with van der Waals surface area (Å²) in [6, 6.07) is 9.60. The molecule has 0 radical (unpaired) electrons. The van der Waals surface area contributed by atoms with Crippen LogP contribution >= 0.6 is 0 Å². The van der Waals surface area contributed by atoms with Gasteiger partial charge in [-0.25, -0.2) is 4.79 Å². The number of alkyl carbamates (subject to hydrolysis) is 1. The molecule has 0 aliphatic carbocycles. The van der Waals surface area contributed by atoms with E-state index in [-0.39, 0.29) is 19.3 Å². The summed E-state index contributed by atoms with van der Waals surface area (Å²) < 4.78 is 5.22. The summed E-state index contributed by atoms with van der Waals surface area (Å²) in [7, 11) is 0. The largest absolute Gasteiger partial charge is 0.445 e. The molecule has 0 bridgehead atoms. The Labute approximate surface area is 126 Å². The van der Waals surface area contributed by atoms with Crippen LogP contribution in [0.4, 0.5) is 4.79 Å². The molecule has 21 heavy (non-hydrogen) atoms. The molecule has 1 amide bonds. The maximum Gasteiger partial charge on any atom is 0.407 e. The number of aliphatic hydroxyl groups is 1. The fourth-order valence-corrected chi connectivity index (χ4v) is 1.83. The quantitative estimate of drug-likeness (QED) is 0.608. The number of hydrogen-bond donors (Lipinski definition) is 3. The fourth-order valence-electron chi connectivity index (χ4n) is 1.83. The highest BCUT2D eigenvalue weighted by Crippen LogP contribution is 2.03. The minimum atomic E-state index is -0.401. The third-order valence-corrected chi connectivity index (χ3v) is 3.20. The van der Waals surface area contributed by atoms with Crippen LogP contribution in [0.3, 0.4) is 0 Å². The molecule has 5 nitrogen and oxygen atoms in total. The van der Waals surface area contributed by atoms with Gasteiger partial charge in [-0.2, -0.15) is 0 Å². The second-order valence-electron chi connectivity index (χ2n) is 5.34. The number of carbonyl (C=O) groups excluding carboxylic acids is 1. The molecule has 0 aliphatic heterocycles. The van der Waals surface area contributed by atoms with Gasteiger partial charge in [0.05, 0.1) is 0 Å². The predicted octanol–water partition coefficient (Wildman–Crippen LogP) is 1.91. The van der Waals surface area contributed by atoms with E-state index in [0.29, 0.717) is 18.9 Å². The number of benzene rings is 1. The third-order valence-electron chi connectivity index (χ3n) is 3.20. The summed E-state index contributed by atoms with van der Waals surface area (Å²) in [6.07, 6.45) is 0.310. The van der Waals surface area contributed by atoms with E-state index in [0.717, 1.165) is 12.1 Å². The lowest BCUT2D eigenvalue weighted by Gasteiger charge is -2.22. The number of amides is 1. The van der Waals surface area contributed by atoms with E-state index in [1.54, 1.807) is 0 Å². The van der Waals surface area contributed by atoms with Crippen molar-refractivity contribution in [3.8, 4) is 0 Å². The van der Waals surface area contributed by atoms with Crippen LogP contribution in [-0.2, 0) is 11.3 Å². The summed E-state index contributed by atoms with van der Waals surface area (Å²) in [6.45, 7) is 5.95. The van der Waals surface area contributed by atoms with Gasteiger partial charge in [-0.15, -0.1) is 0 Å². The smallest absolute Gasteiger partial charge is 0.407 e. The molecule has 1 aromatic rings. The molecule has 0 fully saturated rings. The Kier molecular flexibility index (Phi) is 8.47. The Hall–Kier alpha value is -1.59. The van der Waals surface area contributed by atoms with Crippen LogP contribution in [0.15, 0.2) is 30.3 Å². The molecule has 1 unspecified atom stereocenters. The summed E-state index contributed by atoms with van der Waals surface area (Å²) in [5.41, 5.74) is 0.967. The van der Waals surface area contributed by atoms with Crippen molar-refractivity contribution in [1.82, 2.24) is 10.6 Å². The normalized spacial score (nSPS) is 12.2. The topological polar surface area (TPSA) is 70.6 Å². The van der Waals surface area contributed by atoms with Crippen molar-refractivity contribution in [2.45, 2.75) is 32.9 Å². The SMILES string of the molecule is CC(C)C(CNCCCO)NC(=O)OCc1ccccc1. The number of hydrogen-bond acceptors (Lipinski definition) is 4. The second-order valence-corrected chi connectivity index (χ2v) is 5.34. The number of rotatable bonds is 9. The zero-order valence-corrected chi connectivity index (χ0v) is 12.8. The molecule has 3 N–H and O–H groups in total. The fraction of sp³-hybridized carbons (Fsp3) is 0.562. The standard InChI is InChI=1S/C16H26N2O3/c1-13(2)15(11-17-9-6-10-19)18-16(20)21-12-14-7-4-3-5-8-14/h3-5,7-8,13,15,17,19H,6,9-12H2,1-2H3,(H,18,20). The zero-order valence-electron chi connectivity index (χ0n) is 12.8. The minimum Gasteiger partial charge on any atom is -0.445 e. The molecule has 1 rings (SSSR count). The van der Waals surface area contributed by atoms with E-state index in [1.807, 2.05) is 30.3 Å². The van der Waals surface area contributed by atoms with Gasteiger partial charge >= 0.3 is 6.09 Å². The van der Waals surface area contributed by atoms with Gasteiger partial charge in [0.25, 0.3) is 0 Å². The Bertz CT molecular complexity index is 396. The van der Waals surface area contributed by atoms with Gasteiger partial charge in [-0.3, -0.25) is 0 Å². The van der Waals surface area contributed by atoms with Crippen molar-refractivity contribution in [2.75, 3.05) is 19.7 Å². The Morgan fingerprint density at radius 1 is 1.29 bits per heavy atom. The van der Waals surface area contributed by atoms with Gasteiger partial charge in [0, 0.05) is 19.2 Å². The molecule has 0 aliphatic rings. The highest BCUT2D eigenvalue weighted by Gasteiger charge is 2.16. The molecule has 118 valence electrons. The van der Waals surface area contributed by atoms with E-state index in [1.165, 1.54) is 0 Å². The lowest BCUT2D eigenvalue weighted by Crippen LogP contribution is -2.45. The first kappa shape index (κ1) is 17.5. The van der Waals surface area contributed by atoms with Crippen LogP contribution in [0.2, 0.25) is 0 Å². The van der Waals surface area contributed by atoms with E-state index in [9.17, 15) is 4.79 Å². The predicted molar refractivity (Wildman–Crippen MR) is 83.0 cm³/mol. The van der Waals surface area contributed by atoms with E-state index in [2.05, 4.69) is 24.5 Å². The number of aliphatic hydroxyl groups excluding tert-OH is 1. The molecule has 1 aromatic carbocycles. The highest BCUT2D eigenvalue weighted by atomic mass is 16.5. The van der Waals surface area contributed by atoms with E-state index in [4.69, 9.17) is 9.84 Å². The molecule has 1 atom stereocenters. The van der Waals surface area contributed by atoms with Gasteiger partial charge in [-0.1, -0.05) is 44.2 Å². The Morgan fingerprint density at radius 2 is 2.00 bits per heavy atom. The van der Waals surface area contributed by atoms with Crippen molar-refractivity contribution in [1.29, 1.82) is 0 Å². The summed E-state index contributed by atoms with van der Waals surface area (Å²) in [4.78, 5) is 11.8. The summed E-state index contributed by atoms with van der Waals surface area (Å²) >= 11 is 0. The average Bonchev–Trinajstić information content (AvgIpc) is 2.49. The monoisotopic (exact) mass is 294 g/mol. The molecule has 5 heteroatoms. The molecule has 0 heterocycles. The van der Waals surface area contributed by atoms with Crippen LogP contribution in [-0.4, -0.2) is 36.9 Å². The van der Waals surface area contributed by atoms with Crippen LogP contribution < -0.4 is 10.6 Å². The Morgan fingerprint density at radius 3 is 2.62 bits per heavy atom. The van der Waals surface area contributed by atoms with E-state index < -0.39 is 6.09 Å². The van der Waals surface area contributed by atoms with Crippen LogP contribution in [0.25, 0.3) is 0 Å². The minimum absolute atomic E-state index is 0.00645. The Balaban J connectivity index is 2.31. The average molecular weight is 294 g/mol. The summed E-state index contributed by atoms with van der Waals surface area (Å²) in [5.74, 6) is 0.302. The molecule has 0 aromatic heterocycles.